The molecule has 0 radical (unpaired) electrons. The minimum Gasteiger partial charge on any atom is -0.478 e. The molecule has 11 heteroatoms. The Balaban J connectivity index is 0.000000906. The number of aryl methyl sites for hydroxylation is 1. The van der Waals surface area contributed by atoms with Gasteiger partial charge in [0, 0.05) is 6.42 Å². The van der Waals surface area contributed by atoms with Gasteiger partial charge < -0.3 is 21.6 Å². The maximum absolute atomic E-state index is 11.0. The Morgan fingerprint density at radius 1 is 1.06 bits per heavy atom. The standard InChI is InChI=1S/C19H28N2O2.CH5N3.CH4O3S/c1-2-3-4-5-6-7-8-9-10-11-18-20-16-13-12-15(19(22)23)14-17(16)21-18;2-1(3)4;1-5(2,3)4/h12-14H,2-11H2,1H3,(H,20,21)(H,22,23);(H5,2,3,4);1H3,(H,2,3,4). The number of rotatable bonds is 11. The first-order valence-electron chi connectivity index (χ1n) is 10.7. The summed E-state index contributed by atoms with van der Waals surface area (Å²) in [5.74, 6) is -0.271. The summed E-state index contributed by atoms with van der Waals surface area (Å²) in [4.78, 5) is 18.7. The SMILES string of the molecule is CCCCCCCCCCCc1nc2ccc(C(=O)O)cc2[nH]1.CS(=O)(=O)O.N=C(N)N. The number of H-pyrrole nitrogens is 1. The second kappa shape index (κ2) is 16.0. The van der Waals surface area contributed by atoms with Crippen LogP contribution in [0, 0.1) is 5.41 Å². The number of aromatic amines is 1. The van der Waals surface area contributed by atoms with Crippen LogP contribution in [-0.2, 0) is 16.5 Å². The van der Waals surface area contributed by atoms with Crippen molar-refractivity contribution in [3.05, 3.63) is 29.6 Å². The van der Waals surface area contributed by atoms with Gasteiger partial charge >= 0.3 is 5.97 Å². The minimum atomic E-state index is -3.67. The van der Waals surface area contributed by atoms with E-state index >= 15 is 0 Å². The van der Waals surface area contributed by atoms with Crippen molar-refractivity contribution in [1.29, 1.82) is 5.41 Å². The lowest BCUT2D eigenvalue weighted by molar-refractivity contribution is 0.0697. The first-order chi connectivity index (χ1) is 14.9. The fourth-order valence-electron chi connectivity index (χ4n) is 2.92. The largest absolute Gasteiger partial charge is 0.478 e. The van der Waals surface area contributed by atoms with Gasteiger partial charge in [-0.1, -0.05) is 58.3 Å². The number of guanidine groups is 1. The van der Waals surface area contributed by atoms with Gasteiger partial charge in [-0.2, -0.15) is 8.42 Å². The number of aromatic carboxylic acids is 1. The molecule has 32 heavy (non-hydrogen) atoms. The highest BCUT2D eigenvalue weighted by molar-refractivity contribution is 7.85. The van der Waals surface area contributed by atoms with Crippen LogP contribution >= 0.6 is 0 Å². The number of nitrogens with one attached hydrogen (secondary N) is 2. The molecule has 182 valence electrons. The number of hydrogen-bond donors (Lipinski definition) is 6. The lowest BCUT2D eigenvalue weighted by Gasteiger charge is -2.01. The average molecular weight is 472 g/mol. The number of hydrogen-bond acceptors (Lipinski definition) is 5. The van der Waals surface area contributed by atoms with Crippen LogP contribution in [0.3, 0.4) is 0 Å². The van der Waals surface area contributed by atoms with Crippen LogP contribution in [-0.4, -0.2) is 46.2 Å². The zero-order valence-corrected chi connectivity index (χ0v) is 19.7. The highest BCUT2D eigenvalue weighted by Gasteiger charge is 2.07. The molecular formula is C21H37N5O5S. The number of benzene rings is 1. The fraction of sp³-hybridized carbons (Fsp3) is 0.571. The summed E-state index contributed by atoms with van der Waals surface area (Å²) in [5.41, 5.74) is 10.9. The van der Waals surface area contributed by atoms with Crippen molar-refractivity contribution < 1.29 is 22.9 Å². The molecule has 10 nitrogen and oxygen atoms in total. The molecule has 0 amide bonds. The maximum Gasteiger partial charge on any atom is 0.335 e. The van der Waals surface area contributed by atoms with E-state index in [1.54, 1.807) is 18.2 Å². The predicted octanol–water partition coefficient (Wildman–Crippen LogP) is 3.68. The van der Waals surface area contributed by atoms with E-state index in [9.17, 15) is 13.2 Å². The van der Waals surface area contributed by atoms with Gasteiger partial charge in [-0.25, -0.2) is 9.78 Å². The number of aromatic nitrogens is 2. The molecule has 1 heterocycles. The average Bonchev–Trinajstić information content (AvgIpc) is 3.07. The van der Waals surface area contributed by atoms with Crippen LogP contribution in [0.2, 0.25) is 0 Å². The molecule has 0 atom stereocenters. The molecule has 8 N–H and O–H groups in total. The van der Waals surface area contributed by atoms with E-state index in [1.807, 2.05) is 0 Å². The number of nitrogens with zero attached hydrogens (tertiary/aromatic N) is 1. The van der Waals surface area contributed by atoms with Gasteiger partial charge in [0.25, 0.3) is 10.1 Å². The highest BCUT2D eigenvalue weighted by Crippen LogP contribution is 2.16. The van der Waals surface area contributed by atoms with Gasteiger partial charge in [-0.15, -0.1) is 0 Å². The zero-order chi connectivity index (χ0) is 24.6. The first kappa shape index (κ1) is 29.3. The number of unbranched alkanes of at least 4 members (excludes halogenated alkanes) is 8. The van der Waals surface area contributed by atoms with Crippen molar-refractivity contribution in [3.63, 3.8) is 0 Å². The minimum absolute atomic E-state index is 0.302. The first-order valence-corrected chi connectivity index (χ1v) is 12.5. The fourth-order valence-corrected chi connectivity index (χ4v) is 2.92. The molecule has 0 unspecified atom stereocenters. The van der Waals surface area contributed by atoms with Gasteiger partial charge in [0.2, 0.25) is 0 Å². The van der Waals surface area contributed by atoms with Crippen LogP contribution in [0.1, 0.15) is 80.9 Å². The number of nitrogens with two attached hydrogens (primary N) is 2. The third-order valence-corrected chi connectivity index (χ3v) is 4.30. The van der Waals surface area contributed by atoms with Gasteiger partial charge in [0.1, 0.15) is 5.82 Å². The Morgan fingerprint density at radius 2 is 1.53 bits per heavy atom. The summed E-state index contributed by atoms with van der Waals surface area (Å²) in [6.45, 7) is 2.25. The summed E-state index contributed by atoms with van der Waals surface area (Å²) >= 11 is 0. The van der Waals surface area contributed by atoms with Crippen LogP contribution in [0.25, 0.3) is 11.0 Å². The van der Waals surface area contributed by atoms with Crippen molar-refractivity contribution in [3.8, 4) is 0 Å². The predicted molar refractivity (Wildman–Crippen MR) is 128 cm³/mol. The topological polar surface area (TPSA) is 196 Å². The van der Waals surface area contributed by atoms with Crippen molar-refractivity contribution in [2.75, 3.05) is 6.26 Å². The summed E-state index contributed by atoms with van der Waals surface area (Å²) < 4.78 is 25.9. The Kier molecular flexibility index (Phi) is 14.7. The van der Waals surface area contributed by atoms with Crippen molar-refractivity contribution in [2.45, 2.75) is 71.1 Å². The highest BCUT2D eigenvalue weighted by atomic mass is 32.2. The molecule has 0 saturated heterocycles. The summed E-state index contributed by atoms with van der Waals surface area (Å²) in [6, 6.07) is 5.04. The monoisotopic (exact) mass is 471 g/mol. The number of carbonyl (C=O) groups is 1. The van der Waals surface area contributed by atoms with Crippen LogP contribution in [0.15, 0.2) is 18.2 Å². The second-order valence-corrected chi connectivity index (χ2v) is 8.95. The van der Waals surface area contributed by atoms with Crippen molar-refractivity contribution in [1.82, 2.24) is 9.97 Å². The number of fused-ring (bicyclic) bond motifs is 1. The molecule has 1 aromatic carbocycles. The zero-order valence-electron chi connectivity index (χ0n) is 18.9. The van der Waals surface area contributed by atoms with Gasteiger partial charge in [0.15, 0.2) is 5.96 Å². The molecule has 0 saturated carbocycles. The summed E-state index contributed by atoms with van der Waals surface area (Å²) in [7, 11) is -3.67. The van der Waals surface area contributed by atoms with Crippen LogP contribution in [0.5, 0.6) is 0 Å². The second-order valence-electron chi connectivity index (χ2n) is 7.49. The summed E-state index contributed by atoms with van der Waals surface area (Å²) in [5, 5.41) is 15.1. The van der Waals surface area contributed by atoms with Gasteiger partial charge in [-0.3, -0.25) is 9.96 Å². The molecule has 2 aromatic rings. The quantitative estimate of drug-likeness (QED) is 0.123. The molecule has 2 rings (SSSR count). The lowest BCUT2D eigenvalue weighted by Crippen LogP contribution is -2.20. The molecule has 0 aliphatic rings. The third kappa shape index (κ3) is 17.1. The van der Waals surface area contributed by atoms with Crippen molar-refractivity contribution in [2.24, 2.45) is 11.5 Å². The van der Waals surface area contributed by atoms with Gasteiger partial charge in [-0.05, 0) is 24.6 Å². The van der Waals surface area contributed by atoms with Crippen molar-refractivity contribution >= 4 is 33.1 Å². The normalized spacial score (nSPS) is 10.6. The molecule has 0 bridgehead atoms. The van der Waals surface area contributed by atoms with Crippen LogP contribution < -0.4 is 11.5 Å². The molecule has 0 aliphatic heterocycles. The van der Waals surface area contributed by atoms with E-state index in [0.29, 0.717) is 11.8 Å². The van der Waals surface area contributed by atoms with E-state index in [-0.39, 0.29) is 5.96 Å². The van der Waals surface area contributed by atoms with E-state index in [2.05, 4.69) is 28.4 Å². The van der Waals surface area contributed by atoms with E-state index in [0.717, 1.165) is 29.7 Å². The smallest absolute Gasteiger partial charge is 0.335 e. The molecular weight excluding hydrogens is 434 g/mol. The van der Waals surface area contributed by atoms with Gasteiger partial charge in [0.05, 0.1) is 22.9 Å². The number of imidazole rings is 1. The molecule has 0 aliphatic carbocycles. The Labute approximate surface area is 190 Å². The van der Waals surface area contributed by atoms with Crippen LogP contribution in [0.4, 0.5) is 0 Å². The molecule has 0 spiro atoms. The van der Waals surface area contributed by atoms with E-state index in [1.165, 1.54) is 51.4 Å². The molecule has 0 fully saturated rings. The molecule has 1 aromatic heterocycles. The number of carboxylic acids is 1. The number of carboxylic acid groups (broad SMARTS) is 1. The summed E-state index contributed by atoms with van der Waals surface area (Å²) in [6.07, 6.45) is 13.5. The Morgan fingerprint density at radius 3 is 2.00 bits per heavy atom. The lowest BCUT2D eigenvalue weighted by atomic mass is 10.1. The van der Waals surface area contributed by atoms with E-state index in [4.69, 9.17) is 15.1 Å². The van der Waals surface area contributed by atoms with E-state index < -0.39 is 16.1 Å². The maximum atomic E-state index is 11.0. The Bertz CT molecular complexity index is 916. The Hall–Kier alpha value is -2.66. The third-order valence-electron chi connectivity index (χ3n) is 4.30.